The molecule has 5 rings (SSSR count). The molecular formula is C29H38N2O8. The molecular weight excluding hydrogens is 504 g/mol. The van der Waals surface area contributed by atoms with Crippen LogP contribution < -0.4 is 10.1 Å². The van der Waals surface area contributed by atoms with Gasteiger partial charge in [-0.05, 0) is 64.9 Å². The summed E-state index contributed by atoms with van der Waals surface area (Å²) in [5.74, 6) is -1.29. The van der Waals surface area contributed by atoms with E-state index in [4.69, 9.17) is 14.2 Å². The minimum Gasteiger partial charge on any atom is -0.504 e. The number of hydrogen-bond acceptors (Lipinski definition) is 9. The summed E-state index contributed by atoms with van der Waals surface area (Å²) in [7, 11) is 2.01. The highest BCUT2D eigenvalue weighted by molar-refractivity contribution is 5.84. The number of nitrogens with zero attached hydrogens (tertiary/aromatic N) is 1. The lowest BCUT2D eigenvalue weighted by Crippen LogP contribution is -2.74. The van der Waals surface area contributed by atoms with Crippen molar-refractivity contribution >= 4 is 17.8 Å². The van der Waals surface area contributed by atoms with Gasteiger partial charge >= 0.3 is 11.9 Å². The van der Waals surface area contributed by atoms with Crippen LogP contribution in [0.4, 0.5) is 0 Å². The van der Waals surface area contributed by atoms with Gasteiger partial charge in [0.15, 0.2) is 17.6 Å². The number of esters is 2. The fraction of sp³-hybridized carbons (Fsp3) is 0.621. The van der Waals surface area contributed by atoms with Crippen molar-refractivity contribution in [3.05, 3.63) is 35.1 Å². The highest BCUT2D eigenvalue weighted by Crippen LogP contribution is 2.65. The second kappa shape index (κ2) is 9.52. The van der Waals surface area contributed by atoms with Gasteiger partial charge in [0.05, 0.1) is 23.9 Å². The zero-order valence-electron chi connectivity index (χ0n) is 23.2. The van der Waals surface area contributed by atoms with Gasteiger partial charge in [-0.25, -0.2) is 0 Å². The third-order valence-corrected chi connectivity index (χ3v) is 8.55. The van der Waals surface area contributed by atoms with E-state index in [1.54, 1.807) is 39.8 Å². The number of carbonyl (C=O) groups excluding carboxylic acids is 3. The molecule has 0 aromatic heterocycles. The predicted octanol–water partition coefficient (Wildman–Crippen LogP) is 2.09. The van der Waals surface area contributed by atoms with Gasteiger partial charge in [0.2, 0.25) is 5.91 Å². The lowest BCUT2D eigenvalue weighted by molar-refractivity contribution is -0.169. The van der Waals surface area contributed by atoms with E-state index in [1.165, 1.54) is 0 Å². The van der Waals surface area contributed by atoms with Gasteiger partial charge in [-0.3, -0.25) is 14.4 Å². The molecule has 0 saturated carbocycles. The first-order valence-corrected chi connectivity index (χ1v) is 13.6. The van der Waals surface area contributed by atoms with E-state index in [-0.39, 0.29) is 43.5 Å². The molecule has 2 aliphatic heterocycles. The Morgan fingerprint density at radius 1 is 1.26 bits per heavy atom. The molecule has 3 N–H and O–H groups in total. The summed E-state index contributed by atoms with van der Waals surface area (Å²) in [6.07, 6.45) is 2.35. The lowest BCUT2D eigenvalue weighted by atomic mass is 9.50. The quantitative estimate of drug-likeness (QED) is 0.443. The standard InChI is InChI=1S/C29H38N2O8/c1-16(14-22(34)39-27(2,3)4)26(35)30-12-9-21(33)37-19-8-10-29(36)20-15-17-6-7-18(32)24-23(17)28(29,25(19)38-24)11-13-31(20)5/h6-8,16,20,25,32,36H,9-15H2,1-5H3,(H,30,35)/t16-,20+,25-,28-,29+/m0/s1. The highest BCUT2D eigenvalue weighted by Gasteiger charge is 2.72. The first-order chi connectivity index (χ1) is 18.3. The van der Waals surface area contributed by atoms with Crippen molar-refractivity contribution in [2.24, 2.45) is 5.92 Å². The van der Waals surface area contributed by atoms with Crippen LogP contribution in [0.25, 0.3) is 0 Å². The SMILES string of the molecule is C[C@@H](CC(=O)OC(C)(C)C)C(=O)NCCC(=O)OC1=CC[C@@]2(O)[C@H]3Cc4ccc(O)c5c4[C@@]2(CCN3C)[C@H]1O5. The third-order valence-electron chi connectivity index (χ3n) is 8.55. The van der Waals surface area contributed by atoms with Crippen molar-refractivity contribution in [2.75, 3.05) is 20.1 Å². The van der Waals surface area contributed by atoms with Gasteiger partial charge in [0.25, 0.3) is 0 Å². The number of likely N-dealkylation sites (N-methyl/N-ethyl adjacent to an activating group) is 1. The lowest BCUT2D eigenvalue weighted by Gasteiger charge is -2.61. The summed E-state index contributed by atoms with van der Waals surface area (Å²) < 4.78 is 17.3. The van der Waals surface area contributed by atoms with E-state index in [0.29, 0.717) is 24.4 Å². The molecule has 4 aliphatic rings. The molecule has 2 aliphatic carbocycles. The summed E-state index contributed by atoms with van der Waals surface area (Å²) in [4.78, 5) is 39.4. The first kappa shape index (κ1) is 27.5. The topological polar surface area (TPSA) is 135 Å². The van der Waals surface area contributed by atoms with Crippen LogP contribution in [0.2, 0.25) is 0 Å². The number of hydrogen-bond donors (Lipinski definition) is 3. The predicted molar refractivity (Wildman–Crippen MR) is 140 cm³/mol. The maximum Gasteiger partial charge on any atom is 0.312 e. The van der Waals surface area contributed by atoms with Crippen LogP contribution in [0.3, 0.4) is 0 Å². The summed E-state index contributed by atoms with van der Waals surface area (Å²) in [6.45, 7) is 7.69. The van der Waals surface area contributed by atoms with Crippen molar-refractivity contribution < 1.29 is 38.8 Å². The van der Waals surface area contributed by atoms with Gasteiger partial charge in [-0.15, -0.1) is 0 Å². The van der Waals surface area contributed by atoms with E-state index in [0.717, 1.165) is 17.7 Å². The van der Waals surface area contributed by atoms with Crippen molar-refractivity contribution in [2.45, 2.75) is 88.6 Å². The highest BCUT2D eigenvalue weighted by atomic mass is 16.6. The minimum absolute atomic E-state index is 0.00569. The van der Waals surface area contributed by atoms with Crippen LogP contribution >= 0.6 is 0 Å². The van der Waals surface area contributed by atoms with Crippen molar-refractivity contribution in [3.63, 3.8) is 0 Å². The number of likely N-dealkylation sites (tertiary alicyclic amines) is 1. The molecule has 1 saturated heterocycles. The Bertz CT molecular complexity index is 1240. The molecule has 212 valence electrons. The minimum atomic E-state index is -1.13. The maximum absolute atomic E-state index is 12.8. The van der Waals surface area contributed by atoms with Crippen LogP contribution in [0, 0.1) is 5.92 Å². The zero-order valence-corrected chi connectivity index (χ0v) is 23.2. The van der Waals surface area contributed by atoms with Gasteiger partial charge < -0.3 is 34.6 Å². The first-order valence-electron chi connectivity index (χ1n) is 13.6. The number of nitrogens with one attached hydrogen (secondary N) is 1. The van der Waals surface area contributed by atoms with Gasteiger partial charge in [0.1, 0.15) is 11.4 Å². The molecule has 1 fully saturated rings. The number of ether oxygens (including phenoxy) is 3. The average molecular weight is 543 g/mol. The van der Waals surface area contributed by atoms with E-state index < -0.39 is 40.6 Å². The van der Waals surface area contributed by atoms with Crippen LogP contribution in [0.15, 0.2) is 24.0 Å². The number of rotatable bonds is 7. The van der Waals surface area contributed by atoms with Crippen LogP contribution in [0.1, 0.15) is 64.5 Å². The number of phenols is 1. The van der Waals surface area contributed by atoms with Gasteiger partial charge in [0, 0.05) is 30.5 Å². The van der Waals surface area contributed by atoms with Crippen molar-refractivity contribution in [3.8, 4) is 11.5 Å². The Labute approximate surface area is 228 Å². The maximum atomic E-state index is 12.8. The molecule has 2 heterocycles. The number of piperidine rings is 1. The number of carbonyl (C=O) groups is 3. The zero-order chi connectivity index (χ0) is 28.3. The number of aliphatic hydroxyl groups is 1. The van der Waals surface area contributed by atoms with E-state index >= 15 is 0 Å². The normalized spacial score (nSPS) is 29.4. The molecule has 1 amide bonds. The van der Waals surface area contributed by atoms with Crippen molar-refractivity contribution in [1.82, 2.24) is 10.2 Å². The number of phenolic OH excluding ortho intramolecular Hbond substituents is 1. The van der Waals surface area contributed by atoms with E-state index in [1.807, 2.05) is 13.1 Å². The van der Waals surface area contributed by atoms with Gasteiger partial charge in [-0.1, -0.05) is 13.0 Å². The molecule has 1 aromatic carbocycles. The molecule has 5 atom stereocenters. The second-order valence-electron chi connectivity index (χ2n) is 12.3. The summed E-state index contributed by atoms with van der Waals surface area (Å²) >= 11 is 0. The second-order valence-corrected chi connectivity index (χ2v) is 12.3. The number of aromatic hydroxyl groups is 1. The monoisotopic (exact) mass is 542 g/mol. The molecule has 10 heteroatoms. The Kier molecular flexibility index (Phi) is 6.70. The third kappa shape index (κ3) is 4.47. The largest absolute Gasteiger partial charge is 0.504 e. The summed E-state index contributed by atoms with van der Waals surface area (Å²) in [6, 6.07) is 3.38. The average Bonchev–Trinajstić information content (AvgIpc) is 3.19. The molecule has 0 unspecified atom stereocenters. The Morgan fingerprint density at radius 2 is 2.00 bits per heavy atom. The van der Waals surface area contributed by atoms with E-state index in [9.17, 15) is 24.6 Å². The molecule has 1 spiro atoms. The van der Waals surface area contributed by atoms with Crippen LogP contribution in [-0.2, 0) is 35.7 Å². The van der Waals surface area contributed by atoms with E-state index in [2.05, 4.69) is 10.2 Å². The molecule has 10 nitrogen and oxygen atoms in total. The molecule has 1 aromatic rings. The smallest absolute Gasteiger partial charge is 0.312 e. The summed E-state index contributed by atoms with van der Waals surface area (Å²) in [5, 5.41) is 25.4. The molecule has 39 heavy (non-hydrogen) atoms. The number of benzene rings is 1. The Morgan fingerprint density at radius 3 is 2.72 bits per heavy atom. The van der Waals surface area contributed by atoms with Crippen molar-refractivity contribution in [1.29, 1.82) is 0 Å². The summed E-state index contributed by atoms with van der Waals surface area (Å²) in [5.41, 5.74) is -0.738. The Hall–Kier alpha value is -3.11. The number of amides is 1. The molecule has 0 radical (unpaired) electrons. The van der Waals surface area contributed by atoms with Crippen LogP contribution in [0.5, 0.6) is 11.5 Å². The Balaban J connectivity index is 1.25. The fourth-order valence-electron chi connectivity index (χ4n) is 6.81. The van der Waals surface area contributed by atoms with Crippen LogP contribution in [-0.4, -0.2) is 76.4 Å². The molecule has 2 bridgehead atoms. The van der Waals surface area contributed by atoms with Gasteiger partial charge in [-0.2, -0.15) is 0 Å². The fourth-order valence-corrected chi connectivity index (χ4v) is 6.81.